The topological polar surface area (TPSA) is 86.1 Å². The zero-order chi connectivity index (χ0) is 19.0. The molecule has 0 fully saturated rings. The molecule has 0 radical (unpaired) electrons. The maximum absolute atomic E-state index is 6.25. The molecular weight excluding hydrogens is 362 g/mol. The van der Waals surface area contributed by atoms with Crippen LogP contribution in [0.25, 0.3) is 11.3 Å². The first-order chi connectivity index (χ1) is 13.0. The number of nitrogens with two attached hydrogens (primary N) is 1. The summed E-state index contributed by atoms with van der Waals surface area (Å²) in [5, 5.41) is 12.6. The van der Waals surface area contributed by atoms with Crippen molar-refractivity contribution in [3.63, 3.8) is 0 Å². The average molecular weight is 382 g/mol. The van der Waals surface area contributed by atoms with Crippen molar-refractivity contribution in [2.24, 2.45) is 0 Å². The predicted molar refractivity (Wildman–Crippen MR) is 107 cm³/mol. The molecule has 4 aromatic rings. The van der Waals surface area contributed by atoms with Crippen molar-refractivity contribution >= 4 is 28.8 Å². The Kier molecular flexibility index (Phi) is 4.45. The van der Waals surface area contributed by atoms with Gasteiger partial charge in [-0.25, -0.2) is 9.67 Å². The largest absolute Gasteiger partial charge is 0.396 e. The molecule has 0 aliphatic heterocycles. The van der Waals surface area contributed by atoms with Gasteiger partial charge in [-0.15, -0.1) is 0 Å². The second kappa shape index (κ2) is 6.92. The molecule has 0 aliphatic carbocycles. The quantitative estimate of drug-likeness (QED) is 0.512. The maximum Gasteiger partial charge on any atom is 0.162 e. The number of halogens is 1. The van der Waals surface area contributed by atoms with Crippen LogP contribution in [-0.4, -0.2) is 24.4 Å². The Morgan fingerprint density at radius 1 is 1.19 bits per heavy atom. The SMILES string of the molecule is CC(C)c1cnn2c(NCc3ccccc3-n3cc(N)cn3)cc(Cl)nc12. The Bertz CT molecular complexity index is 1100. The summed E-state index contributed by atoms with van der Waals surface area (Å²) in [6.07, 6.45) is 5.27. The number of aromatic nitrogens is 5. The number of hydrogen-bond donors (Lipinski definition) is 2. The third-order valence-corrected chi connectivity index (χ3v) is 4.58. The highest BCUT2D eigenvalue weighted by Crippen LogP contribution is 2.24. The lowest BCUT2D eigenvalue weighted by Crippen LogP contribution is -2.09. The van der Waals surface area contributed by atoms with Gasteiger partial charge in [0.1, 0.15) is 11.0 Å². The number of fused-ring (bicyclic) bond motifs is 1. The van der Waals surface area contributed by atoms with Gasteiger partial charge >= 0.3 is 0 Å². The van der Waals surface area contributed by atoms with E-state index in [2.05, 4.69) is 34.3 Å². The molecule has 0 bridgehead atoms. The lowest BCUT2D eigenvalue weighted by atomic mass is 10.1. The van der Waals surface area contributed by atoms with Gasteiger partial charge in [0.2, 0.25) is 0 Å². The number of nitrogens with one attached hydrogen (secondary N) is 1. The summed E-state index contributed by atoms with van der Waals surface area (Å²) in [5.74, 6) is 1.10. The molecule has 0 saturated carbocycles. The molecule has 0 aliphatic rings. The number of benzene rings is 1. The summed E-state index contributed by atoms with van der Waals surface area (Å²) in [4.78, 5) is 4.44. The van der Waals surface area contributed by atoms with Crippen molar-refractivity contribution in [2.75, 3.05) is 11.1 Å². The minimum Gasteiger partial charge on any atom is -0.396 e. The van der Waals surface area contributed by atoms with Crippen LogP contribution in [0.3, 0.4) is 0 Å². The van der Waals surface area contributed by atoms with E-state index in [1.807, 2.05) is 30.5 Å². The Morgan fingerprint density at radius 3 is 2.74 bits per heavy atom. The number of hydrogen-bond acceptors (Lipinski definition) is 5. The Labute approximate surface area is 161 Å². The summed E-state index contributed by atoms with van der Waals surface area (Å²) in [6, 6.07) is 9.79. The van der Waals surface area contributed by atoms with Crippen LogP contribution in [0.4, 0.5) is 11.5 Å². The average Bonchev–Trinajstić information content (AvgIpc) is 3.26. The molecule has 0 atom stereocenters. The minimum absolute atomic E-state index is 0.312. The van der Waals surface area contributed by atoms with E-state index in [1.54, 1.807) is 27.7 Å². The fraction of sp³-hybridized carbons (Fsp3) is 0.211. The predicted octanol–water partition coefficient (Wildman–Crippen LogP) is 3.89. The van der Waals surface area contributed by atoms with Crippen LogP contribution in [0.5, 0.6) is 0 Å². The first-order valence-electron chi connectivity index (χ1n) is 8.69. The molecule has 0 unspecified atom stereocenters. The highest BCUT2D eigenvalue weighted by atomic mass is 35.5. The van der Waals surface area contributed by atoms with Gasteiger partial charge in [0, 0.05) is 18.2 Å². The molecule has 1 aromatic carbocycles. The number of rotatable bonds is 5. The lowest BCUT2D eigenvalue weighted by molar-refractivity contribution is 0.859. The van der Waals surface area contributed by atoms with E-state index in [1.165, 1.54) is 0 Å². The molecule has 3 heterocycles. The zero-order valence-corrected chi connectivity index (χ0v) is 15.9. The third-order valence-electron chi connectivity index (χ3n) is 4.39. The van der Waals surface area contributed by atoms with Crippen molar-refractivity contribution in [3.8, 4) is 5.69 Å². The molecule has 138 valence electrons. The number of nitrogens with zero attached hydrogens (tertiary/aromatic N) is 5. The number of para-hydroxylation sites is 1. The maximum atomic E-state index is 6.25. The van der Waals surface area contributed by atoms with Gasteiger partial charge < -0.3 is 11.1 Å². The summed E-state index contributed by atoms with van der Waals surface area (Å²) in [5.41, 5.74) is 10.3. The Hall–Kier alpha value is -3.06. The van der Waals surface area contributed by atoms with Crippen LogP contribution in [-0.2, 0) is 6.54 Å². The standard InChI is InChI=1S/C19H20ClN7/c1-12(2)15-10-24-27-18(7-17(20)25-19(15)27)22-8-13-5-3-4-6-16(13)26-11-14(21)9-23-26/h3-7,9-12,22H,8,21H2,1-2H3. The van der Waals surface area contributed by atoms with Gasteiger partial charge in [-0.3, -0.25) is 0 Å². The van der Waals surface area contributed by atoms with Gasteiger partial charge in [-0.2, -0.15) is 14.7 Å². The summed E-state index contributed by atoms with van der Waals surface area (Å²) in [6.45, 7) is 4.79. The van der Waals surface area contributed by atoms with E-state index in [9.17, 15) is 0 Å². The van der Waals surface area contributed by atoms with Crippen LogP contribution in [0.2, 0.25) is 5.15 Å². The van der Waals surface area contributed by atoms with Crippen LogP contribution in [0, 0.1) is 0 Å². The van der Waals surface area contributed by atoms with E-state index in [4.69, 9.17) is 17.3 Å². The van der Waals surface area contributed by atoms with Gasteiger partial charge in [-0.1, -0.05) is 43.6 Å². The second-order valence-corrected chi connectivity index (χ2v) is 7.04. The minimum atomic E-state index is 0.312. The van der Waals surface area contributed by atoms with Crippen molar-refractivity contribution in [1.29, 1.82) is 0 Å². The summed E-state index contributed by atoms with van der Waals surface area (Å²) < 4.78 is 3.56. The van der Waals surface area contributed by atoms with Crippen LogP contribution >= 0.6 is 11.6 Å². The summed E-state index contributed by atoms with van der Waals surface area (Å²) in [7, 11) is 0. The van der Waals surface area contributed by atoms with Crippen molar-refractivity contribution in [3.05, 3.63) is 65.2 Å². The molecule has 4 rings (SSSR count). The molecule has 8 heteroatoms. The zero-order valence-electron chi connectivity index (χ0n) is 15.1. The monoisotopic (exact) mass is 381 g/mol. The van der Waals surface area contributed by atoms with Gasteiger partial charge in [0.15, 0.2) is 5.65 Å². The molecular formula is C19H20ClN7. The molecule has 3 aromatic heterocycles. The van der Waals surface area contributed by atoms with Crippen LogP contribution < -0.4 is 11.1 Å². The molecule has 3 N–H and O–H groups in total. The fourth-order valence-electron chi connectivity index (χ4n) is 3.02. The number of anilines is 2. The fourth-order valence-corrected chi connectivity index (χ4v) is 3.20. The van der Waals surface area contributed by atoms with E-state index in [-0.39, 0.29) is 0 Å². The smallest absolute Gasteiger partial charge is 0.162 e. The summed E-state index contributed by atoms with van der Waals surface area (Å²) >= 11 is 6.25. The first kappa shape index (κ1) is 17.4. The van der Waals surface area contributed by atoms with Crippen molar-refractivity contribution in [1.82, 2.24) is 24.4 Å². The number of nitrogen functional groups attached to an aromatic ring is 1. The molecule has 7 nitrogen and oxygen atoms in total. The first-order valence-corrected chi connectivity index (χ1v) is 9.07. The lowest BCUT2D eigenvalue weighted by Gasteiger charge is -2.13. The van der Waals surface area contributed by atoms with Crippen molar-refractivity contribution in [2.45, 2.75) is 26.3 Å². The highest BCUT2D eigenvalue weighted by molar-refractivity contribution is 6.29. The molecule has 27 heavy (non-hydrogen) atoms. The highest BCUT2D eigenvalue weighted by Gasteiger charge is 2.14. The van der Waals surface area contributed by atoms with Crippen LogP contribution in [0.15, 0.2) is 48.9 Å². The van der Waals surface area contributed by atoms with Gasteiger partial charge in [0.25, 0.3) is 0 Å². The van der Waals surface area contributed by atoms with E-state index in [0.717, 1.165) is 28.3 Å². The second-order valence-electron chi connectivity index (χ2n) is 6.65. The van der Waals surface area contributed by atoms with E-state index >= 15 is 0 Å². The molecule has 0 saturated heterocycles. The Balaban J connectivity index is 1.67. The van der Waals surface area contributed by atoms with Gasteiger partial charge in [-0.05, 0) is 17.5 Å². The van der Waals surface area contributed by atoms with E-state index < -0.39 is 0 Å². The van der Waals surface area contributed by atoms with E-state index in [0.29, 0.717) is 23.3 Å². The van der Waals surface area contributed by atoms with Gasteiger partial charge in [0.05, 0.1) is 30.0 Å². The normalized spacial score (nSPS) is 11.4. The van der Waals surface area contributed by atoms with Crippen molar-refractivity contribution < 1.29 is 0 Å². The Morgan fingerprint density at radius 2 is 2.00 bits per heavy atom. The van der Waals surface area contributed by atoms with Crippen LogP contribution in [0.1, 0.15) is 30.9 Å². The molecule has 0 spiro atoms. The molecule has 0 amide bonds. The third kappa shape index (κ3) is 3.33.